The molecule has 124 valence electrons. The van der Waals surface area contributed by atoms with Crippen molar-refractivity contribution in [2.75, 3.05) is 0 Å². The maximum Gasteiger partial charge on any atom is 0.311 e. The molecule has 0 fully saturated rings. The van der Waals surface area contributed by atoms with E-state index in [1.165, 1.54) is 24.6 Å². The van der Waals surface area contributed by atoms with Gasteiger partial charge >= 0.3 is 5.97 Å². The van der Waals surface area contributed by atoms with Gasteiger partial charge in [-0.3, -0.25) is 9.35 Å². The van der Waals surface area contributed by atoms with Crippen molar-refractivity contribution < 1.29 is 22.9 Å². The second kappa shape index (κ2) is 8.90. The van der Waals surface area contributed by atoms with Gasteiger partial charge in [-0.2, -0.15) is 8.42 Å². The number of benzene rings is 1. The summed E-state index contributed by atoms with van der Waals surface area (Å²) in [5.74, 6) is -1.98. The standard InChI is InChI=1S/C16H24O5S/c1-2-3-4-5-6-7-11-14(16(17)18)13-10-8-9-12-15(13)22(19,20)21/h8-10,12,14H,2-7,11H2,1H3,(H,17,18)(H,19,20,21). The molecule has 1 atom stereocenters. The lowest BCUT2D eigenvalue weighted by Gasteiger charge is -2.15. The molecule has 1 aromatic carbocycles. The van der Waals surface area contributed by atoms with Crippen LogP contribution in [-0.4, -0.2) is 24.0 Å². The molecule has 0 aliphatic rings. The minimum absolute atomic E-state index is 0.158. The fraction of sp³-hybridized carbons (Fsp3) is 0.562. The number of carboxylic acid groups (broad SMARTS) is 1. The third-order valence-electron chi connectivity index (χ3n) is 3.72. The van der Waals surface area contributed by atoms with Crippen molar-refractivity contribution in [3.8, 4) is 0 Å². The van der Waals surface area contributed by atoms with E-state index in [1.807, 2.05) is 0 Å². The zero-order chi connectivity index (χ0) is 16.6. The number of carboxylic acids is 1. The summed E-state index contributed by atoms with van der Waals surface area (Å²) >= 11 is 0. The van der Waals surface area contributed by atoms with Gasteiger partial charge < -0.3 is 5.11 Å². The third-order valence-corrected chi connectivity index (χ3v) is 4.64. The van der Waals surface area contributed by atoms with Gasteiger partial charge in [-0.15, -0.1) is 0 Å². The summed E-state index contributed by atoms with van der Waals surface area (Å²) in [7, 11) is -4.42. The van der Waals surface area contributed by atoms with Crippen LogP contribution in [0.2, 0.25) is 0 Å². The van der Waals surface area contributed by atoms with Gasteiger partial charge in [0.25, 0.3) is 10.1 Å². The first-order chi connectivity index (χ1) is 10.4. The SMILES string of the molecule is CCCCCCCCC(C(=O)O)c1ccccc1S(=O)(=O)O. The van der Waals surface area contributed by atoms with E-state index in [2.05, 4.69) is 6.92 Å². The van der Waals surface area contributed by atoms with Crippen LogP contribution < -0.4 is 0 Å². The maximum absolute atomic E-state index is 11.5. The van der Waals surface area contributed by atoms with Crippen LogP contribution in [0.3, 0.4) is 0 Å². The number of aliphatic carboxylic acids is 1. The van der Waals surface area contributed by atoms with E-state index < -0.39 is 22.0 Å². The number of unbranched alkanes of at least 4 members (excludes halogenated alkanes) is 5. The summed E-state index contributed by atoms with van der Waals surface area (Å²) in [4.78, 5) is 11.2. The topological polar surface area (TPSA) is 91.7 Å². The molecule has 0 amide bonds. The first-order valence-electron chi connectivity index (χ1n) is 7.67. The van der Waals surface area contributed by atoms with Crippen LogP contribution in [0.25, 0.3) is 0 Å². The molecule has 6 heteroatoms. The van der Waals surface area contributed by atoms with Gasteiger partial charge in [0.15, 0.2) is 0 Å². The van der Waals surface area contributed by atoms with E-state index in [9.17, 15) is 22.9 Å². The van der Waals surface area contributed by atoms with Crippen molar-refractivity contribution in [2.45, 2.75) is 62.7 Å². The zero-order valence-electron chi connectivity index (χ0n) is 12.9. The van der Waals surface area contributed by atoms with E-state index in [0.29, 0.717) is 6.42 Å². The number of hydrogen-bond donors (Lipinski definition) is 2. The first kappa shape index (κ1) is 18.6. The summed E-state index contributed by atoms with van der Waals surface area (Å²) in [6.45, 7) is 2.13. The highest BCUT2D eigenvalue weighted by atomic mass is 32.2. The molecule has 0 bridgehead atoms. The molecule has 1 unspecified atom stereocenters. The largest absolute Gasteiger partial charge is 0.481 e. The van der Waals surface area contributed by atoms with Crippen molar-refractivity contribution >= 4 is 16.1 Å². The lowest BCUT2D eigenvalue weighted by atomic mass is 9.93. The molecule has 5 nitrogen and oxygen atoms in total. The highest BCUT2D eigenvalue weighted by Gasteiger charge is 2.26. The molecule has 22 heavy (non-hydrogen) atoms. The van der Waals surface area contributed by atoms with Crippen LogP contribution in [0.5, 0.6) is 0 Å². The second-order valence-corrected chi connectivity index (χ2v) is 6.85. The molecule has 0 aromatic heterocycles. The van der Waals surface area contributed by atoms with Crippen LogP contribution in [0.15, 0.2) is 29.2 Å². The Hall–Kier alpha value is -1.40. The monoisotopic (exact) mass is 328 g/mol. The number of rotatable bonds is 10. The van der Waals surface area contributed by atoms with Gasteiger partial charge in [0.05, 0.1) is 10.8 Å². The molecular weight excluding hydrogens is 304 g/mol. The molecule has 0 spiro atoms. The minimum Gasteiger partial charge on any atom is -0.481 e. The van der Waals surface area contributed by atoms with Crippen LogP contribution in [-0.2, 0) is 14.9 Å². The molecule has 0 saturated carbocycles. The predicted octanol–water partition coefficient (Wildman–Crippen LogP) is 3.85. The Balaban J connectivity index is 2.78. The van der Waals surface area contributed by atoms with Gasteiger partial charge in [0, 0.05) is 0 Å². The maximum atomic E-state index is 11.5. The minimum atomic E-state index is -4.42. The fourth-order valence-corrected chi connectivity index (χ4v) is 3.30. The average Bonchev–Trinajstić information content (AvgIpc) is 2.45. The molecule has 0 aliphatic carbocycles. The Labute approximate surface area is 132 Å². The van der Waals surface area contributed by atoms with E-state index in [0.717, 1.165) is 32.1 Å². The van der Waals surface area contributed by atoms with Crippen molar-refractivity contribution in [1.29, 1.82) is 0 Å². The van der Waals surface area contributed by atoms with Gasteiger partial charge in [-0.1, -0.05) is 63.6 Å². The predicted molar refractivity (Wildman–Crippen MR) is 84.6 cm³/mol. The highest BCUT2D eigenvalue weighted by Crippen LogP contribution is 2.28. The summed E-state index contributed by atoms with van der Waals surface area (Å²) < 4.78 is 32.0. The van der Waals surface area contributed by atoms with Crippen molar-refractivity contribution in [3.63, 3.8) is 0 Å². The van der Waals surface area contributed by atoms with Crippen LogP contribution in [0, 0.1) is 0 Å². The summed E-state index contributed by atoms with van der Waals surface area (Å²) in [5.41, 5.74) is 0.158. The van der Waals surface area contributed by atoms with E-state index >= 15 is 0 Å². The van der Waals surface area contributed by atoms with Crippen LogP contribution in [0.4, 0.5) is 0 Å². The first-order valence-corrected chi connectivity index (χ1v) is 9.11. The summed E-state index contributed by atoms with van der Waals surface area (Å²) in [5, 5.41) is 9.38. The quantitative estimate of drug-likeness (QED) is 0.503. The number of carbonyl (C=O) groups is 1. The lowest BCUT2D eigenvalue weighted by molar-refractivity contribution is -0.139. The Morgan fingerprint density at radius 3 is 2.27 bits per heavy atom. The highest BCUT2D eigenvalue weighted by molar-refractivity contribution is 7.85. The van der Waals surface area contributed by atoms with Crippen LogP contribution >= 0.6 is 0 Å². The Bertz CT molecular complexity index is 580. The van der Waals surface area contributed by atoms with Crippen molar-refractivity contribution in [2.24, 2.45) is 0 Å². The van der Waals surface area contributed by atoms with E-state index in [-0.39, 0.29) is 10.5 Å². The Morgan fingerprint density at radius 2 is 1.68 bits per heavy atom. The van der Waals surface area contributed by atoms with Crippen LogP contribution in [0.1, 0.15) is 63.4 Å². The molecule has 0 heterocycles. The molecular formula is C16H24O5S. The number of hydrogen-bond acceptors (Lipinski definition) is 3. The van der Waals surface area contributed by atoms with Crippen molar-refractivity contribution in [3.05, 3.63) is 29.8 Å². The lowest BCUT2D eigenvalue weighted by Crippen LogP contribution is -2.15. The van der Waals surface area contributed by atoms with E-state index in [4.69, 9.17) is 0 Å². The molecule has 0 radical (unpaired) electrons. The Morgan fingerprint density at radius 1 is 1.09 bits per heavy atom. The second-order valence-electron chi connectivity index (χ2n) is 5.46. The molecule has 0 saturated heterocycles. The molecule has 1 rings (SSSR count). The van der Waals surface area contributed by atoms with Gasteiger partial charge in [0.1, 0.15) is 0 Å². The molecule has 0 aliphatic heterocycles. The van der Waals surface area contributed by atoms with Gasteiger partial charge in [0.2, 0.25) is 0 Å². The van der Waals surface area contributed by atoms with Crippen molar-refractivity contribution in [1.82, 2.24) is 0 Å². The normalized spacial score (nSPS) is 13.0. The summed E-state index contributed by atoms with van der Waals surface area (Å²) in [6.07, 6.45) is 6.54. The Kier molecular flexibility index (Phi) is 7.55. The molecule has 2 N–H and O–H groups in total. The van der Waals surface area contributed by atoms with Gasteiger partial charge in [-0.05, 0) is 18.1 Å². The fourth-order valence-electron chi connectivity index (χ4n) is 2.54. The van der Waals surface area contributed by atoms with E-state index in [1.54, 1.807) is 6.07 Å². The van der Waals surface area contributed by atoms with Gasteiger partial charge in [-0.25, -0.2) is 0 Å². The smallest absolute Gasteiger partial charge is 0.311 e. The summed E-state index contributed by atoms with van der Waals surface area (Å²) in [6, 6.07) is 5.75. The zero-order valence-corrected chi connectivity index (χ0v) is 13.7. The average molecular weight is 328 g/mol. The molecule has 1 aromatic rings. The third kappa shape index (κ3) is 5.77.